The molecule has 66 heavy (non-hydrogen) atoms. The minimum absolute atomic E-state index is 0.0404. The molecule has 0 atom stereocenters. The maximum Gasteiger partial charge on any atom is 0.0714 e. The van der Waals surface area contributed by atoms with Gasteiger partial charge in [0, 0.05) is 16.9 Å². The molecule has 0 heterocycles. The van der Waals surface area contributed by atoms with Gasteiger partial charge in [0.25, 0.3) is 0 Å². The lowest BCUT2D eigenvalue weighted by Crippen LogP contribution is -2.34. The minimum atomic E-state index is -0.547. The van der Waals surface area contributed by atoms with Crippen LogP contribution in [0, 0.1) is 0 Å². The van der Waals surface area contributed by atoms with Gasteiger partial charge in [-0.25, -0.2) is 0 Å². The molecule has 8 aromatic rings. The monoisotopic (exact) mass is 857 g/mol. The van der Waals surface area contributed by atoms with Gasteiger partial charge in [-0.2, -0.15) is 0 Å². The van der Waals surface area contributed by atoms with Crippen LogP contribution in [0.1, 0.15) is 126 Å². The van der Waals surface area contributed by atoms with Gasteiger partial charge in [0.05, 0.1) is 11.1 Å². The molecule has 8 aromatic carbocycles. The fraction of sp³-hybridized carbons (Fsp3) is 0.262. The SMILES string of the molecule is CC1(C)CCC(C)(C)c2cc(-c3cc4c(cc3N(c3ccc(-c5ccccc5)cc3)c3ccc5c(c3)C(C)(C)CCC5(C)C)C(c3ccccc3)(c3ccccc3)c3ccccc3-4)ccc21. The Morgan fingerprint density at radius 1 is 0.303 bits per heavy atom. The lowest BCUT2D eigenvalue weighted by molar-refractivity contribution is 0.332. The molecule has 0 radical (unpaired) electrons. The Bertz CT molecular complexity index is 3070. The first-order valence-corrected chi connectivity index (χ1v) is 24.3. The fourth-order valence-corrected chi connectivity index (χ4v) is 12.2. The molecule has 1 nitrogen and oxygen atoms in total. The summed E-state index contributed by atoms with van der Waals surface area (Å²) in [6.07, 6.45) is 4.69. The van der Waals surface area contributed by atoms with Crippen LogP contribution in [0.4, 0.5) is 17.1 Å². The highest BCUT2D eigenvalue weighted by atomic mass is 15.1. The largest absolute Gasteiger partial charge is 0.310 e. The Balaban J connectivity index is 1.26. The third-order valence-electron chi connectivity index (χ3n) is 16.3. The zero-order chi connectivity index (χ0) is 45.6. The molecule has 0 aromatic heterocycles. The first kappa shape index (κ1) is 42.2. The van der Waals surface area contributed by atoms with E-state index in [-0.39, 0.29) is 21.7 Å². The Kier molecular flexibility index (Phi) is 9.79. The van der Waals surface area contributed by atoms with Gasteiger partial charge in [-0.3, -0.25) is 0 Å². The summed E-state index contributed by atoms with van der Waals surface area (Å²) in [4.78, 5) is 2.60. The number of anilines is 3. The third kappa shape index (κ3) is 6.64. The summed E-state index contributed by atoms with van der Waals surface area (Å²) in [6, 6.07) is 71.9. The van der Waals surface area contributed by atoms with Gasteiger partial charge in [-0.15, -0.1) is 0 Å². The molecule has 0 bridgehead atoms. The predicted molar refractivity (Wildman–Crippen MR) is 280 cm³/mol. The van der Waals surface area contributed by atoms with Crippen LogP contribution in [0.5, 0.6) is 0 Å². The van der Waals surface area contributed by atoms with Crippen molar-refractivity contribution in [3.63, 3.8) is 0 Å². The van der Waals surface area contributed by atoms with Crippen LogP contribution in [0.15, 0.2) is 188 Å². The lowest BCUT2D eigenvalue weighted by atomic mass is 9.63. The number of fused-ring (bicyclic) bond motifs is 5. The van der Waals surface area contributed by atoms with E-state index in [0.29, 0.717) is 0 Å². The zero-order valence-corrected chi connectivity index (χ0v) is 40.2. The van der Waals surface area contributed by atoms with Crippen LogP contribution < -0.4 is 4.90 Å². The highest BCUT2D eigenvalue weighted by molar-refractivity contribution is 5.97. The summed E-state index contributed by atoms with van der Waals surface area (Å²) in [6.45, 7) is 19.5. The maximum atomic E-state index is 2.60. The molecular weight excluding hydrogens is 795 g/mol. The van der Waals surface area contributed by atoms with E-state index in [1.54, 1.807) is 0 Å². The molecule has 0 saturated carbocycles. The molecule has 1 heteroatoms. The van der Waals surface area contributed by atoms with Crippen molar-refractivity contribution >= 4 is 17.1 Å². The van der Waals surface area contributed by atoms with Gasteiger partial charge in [-0.05, 0) is 156 Å². The van der Waals surface area contributed by atoms with Gasteiger partial charge in [0.2, 0.25) is 0 Å². The van der Waals surface area contributed by atoms with Gasteiger partial charge in [0.15, 0.2) is 0 Å². The van der Waals surface area contributed by atoms with Gasteiger partial charge in [-0.1, -0.05) is 207 Å². The molecular formula is C65H63N. The summed E-state index contributed by atoms with van der Waals surface area (Å²) in [5.74, 6) is 0. The van der Waals surface area contributed by atoms with Crippen molar-refractivity contribution in [1.82, 2.24) is 0 Å². The summed E-state index contributed by atoms with van der Waals surface area (Å²) < 4.78 is 0. The standard InChI is InChI=1S/C65H63N/c1-61(2)36-38-63(5,6)58-40-46(30-34-55(58)61)52-42-53-51-26-18-19-27-54(51)65(47-22-14-10-15-23-47,48-24-16-11-17-25-48)57(53)43-60(52)66(49-31-28-45(29-32-49)44-20-12-9-13-21-44)50-33-35-56-59(41-50)64(7,8)39-37-62(56,3)4/h9-35,40-43H,36-39H2,1-8H3. The zero-order valence-electron chi connectivity index (χ0n) is 40.2. The molecule has 3 aliphatic rings. The van der Waals surface area contributed by atoms with Gasteiger partial charge < -0.3 is 4.90 Å². The van der Waals surface area contributed by atoms with Crippen molar-refractivity contribution in [1.29, 1.82) is 0 Å². The second-order valence-corrected chi connectivity index (χ2v) is 22.2. The Morgan fingerprint density at radius 3 is 1.35 bits per heavy atom. The van der Waals surface area contributed by atoms with E-state index in [4.69, 9.17) is 0 Å². The normalized spacial score (nSPS) is 17.8. The van der Waals surface area contributed by atoms with Gasteiger partial charge in [0.1, 0.15) is 0 Å². The Morgan fingerprint density at radius 2 is 0.758 bits per heavy atom. The Labute approximate surface area is 394 Å². The quantitative estimate of drug-likeness (QED) is 0.154. The van der Waals surface area contributed by atoms with Crippen molar-refractivity contribution in [2.24, 2.45) is 0 Å². The fourth-order valence-electron chi connectivity index (χ4n) is 12.2. The average molecular weight is 858 g/mol. The van der Waals surface area contributed by atoms with E-state index in [0.717, 1.165) is 12.1 Å². The molecule has 328 valence electrons. The molecule has 0 aliphatic heterocycles. The molecule has 11 rings (SSSR count). The predicted octanol–water partition coefficient (Wildman–Crippen LogP) is 17.6. The molecule has 0 N–H and O–H groups in total. The van der Waals surface area contributed by atoms with Crippen molar-refractivity contribution in [3.8, 4) is 33.4 Å². The number of rotatable bonds is 7. The second-order valence-electron chi connectivity index (χ2n) is 22.2. The van der Waals surface area contributed by atoms with E-state index in [9.17, 15) is 0 Å². The average Bonchev–Trinajstić information content (AvgIpc) is 3.63. The van der Waals surface area contributed by atoms with E-state index >= 15 is 0 Å². The van der Waals surface area contributed by atoms with Crippen molar-refractivity contribution in [3.05, 3.63) is 233 Å². The topological polar surface area (TPSA) is 3.24 Å². The van der Waals surface area contributed by atoms with Crippen LogP contribution in [0.2, 0.25) is 0 Å². The summed E-state index contributed by atoms with van der Waals surface area (Å²) in [7, 11) is 0. The molecule has 0 unspecified atom stereocenters. The number of hydrogen-bond donors (Lipinski definition) is 0. The van der Waals surface area contributed by atoms with Gasteiger partial charge >= 0.3 is 0 Å². The van der Waals surface area contributed by atoms with Crippen molar-refractivity contribution in [2.75, 3.05) is 4.90 Å². The van der Waals surface area contributed by atoms with E-state index in [1.807, 2.05) is 0 Å². The summed E-state index contributed by atoms with van der Waals surface area (Å²) in [5, 5.41) is 0. The van der Waals surface area contributed by atoms with Crippen LogP contribution in [0.3, 0.4) is 0 Å². The summed E-state index contributed by atoms with van der Waals surface area (Å²) in [5.41, 5.74) is 21.9. The molecule has 0 amide bonds. The number of hydrogen-bond acceptors (Lipinski definition) is 1. The smallest absolute Gasteiger partial charge is 0.0714 e. The van der Waals surface area contributed by atoms with E-state index in [2.05, 4.69) is 248 Å². The molecule has 0 saturated heterocycles. The first-order valence-electron chi connectivity index (χ1n) is 24.3. The lowest BCUT2D eigenvalue weighted by Gasteiger charge is -2.43. The maximum absolute atomic E-state index is 2.60. The number of benzene rings is 8. The highest BCUT2D eigenvalue weighted by Gasteiger charge is 2.47. The van der Waals surface area contributed by atoms with E-state index in [1.165, 1.54) is 109 Å². The highest BCUT2D eigenvalue weighted by Crippen LogP contribution is 2.60. The van der Waals surface area contributed by atoms with Crippen LogP contribution in [0.25, 0.3) is 33.4 Å². The third-order valence-corrected chi connectivity index (χ3v) is 16.3. The molecule has 0 spiro atoms. The summed E-state index contributed by atoms with van der Waals surface area (Å²) >= 11 is 0. The molecule has 3 aliphatic carbocycles. The minimum Gasteiger partial charge on any atom is -0.310 e. The van der Waals surface area contributed by atoms with Crippen molar-refractivity contribution in [2.45, 2.75) is 108 Å². The number of nitrogens with zero attached hydrogens (tertiary/aromatic N) is 1. The Hall–Kier alpha value is -6.44. The van der Waals surface area contributed by atoms with Crippen LogP contribution >= 0.6 is 0 Å². The molecule has 0 fully saturated rings. The first-order chi connectivity index (χ1) is 31.7. The van der Waals surface area contributed by atoms with E-state index < -0.39 is 5.41 Å². The van der Waals surface area contributed by atoms with Crippen molar-refractivity contribution < 1.29 is 0 Å². The second kappa shape index (κ2) is 15.3. The van der Waals surface area contributed by atoms with Crippen LogP contribution in [-0.4, -0.2) is 0 Å². The van der Waals surface area contributed by atoms with Crippen LogP contribution in [-0.2, 0) is 27.1 Å².